The number of halogens is 2. The monoisotopic (exact) mass is 436 g/mol. The number of carbonyl (C=O) groups is 2. The Balaban J connectivity index is 2.25. The highest BCUT2D eigenvalue weighted by molar-refractivity contribution is 6.35. The van der Waals surface area contributed by atoms with Crippen LogP contribution in [-0.2, 0) is 4.79 Å². The summed E-state index contributed by atoms with van der Waals surface area (Å²) in [7, 11) is 0. The molecule has 1 aromatic carbocycles. The molecule has 0 aliphatic rings. The van der Waals surface area contributed by atoms with E-state index in [1.165, 1.54) is 30.5 Å². The zero-order valence-corrected chi connectivity index (χ0v) is 17.7. The van der Waals surface area contributed by atoms with Gasteiger partial charge in [0.25, 0.3) is 0 Å². The lowest BCUT2D eigenvalue weighted by Crippen LogP contribution is -2.37. The molecule has 2 aromatic rings. The van der Waals surface area contributed by atoms with Crippen LogP contribution in [0.3, 0.4) is 0 Å². The number of ketones is 1. The molecule has 7 nitrogen and oxygen atoms in total. The average molecular weight is 437 g/mol. The zero-order chi connectivity index (χ0) is 22.3. The summed E-state index contributed by atoms with van der Waals surface area (Å²) in [6.07, 6.45) is 1.97. The van der Waals surface area contributed by atoms with Crippen molar-refractivity contribution in [2.45, 2.75) is 38.8 Å². The highest BCUT2D eigenvalue weighted by Crippen LogP contribution is 2.30. The fourth-order valence-corrected chi connectivity index (χ4v) is 3.34. The van der Waals surface area contributed by atoms with Crippen molar-refractivity contribution in [2.75, 3.05) is 18.9 Å². The van der Waals surface area contributed by atoms with Gasteiger partial charge < -0.3 is 21.5 Å². The number of aliphatic hydroxyl groups is 1. The van der Waals surface area contributed by atoms with Crippen molar-refractivity contribution >= 4 is 29.1 Å². The number of hydrogen-bond acceptors (Lipinski definition) is 6. The maximum Gasteiger partial charge on any atom is 0.221 e. The average Bonchev–Trinajstić information content (AvgIpc) is 2.71. The summed E-state index contributed by atoms with van der Waals surface area (Å²) in [5.74, 6) is -1.26. The number of nitrogens with one attached hydrogen (secondary N) is 2. The molecule has 0 aliphatic carbocycles. The summed E-state index contributed by atoms with van der Waals surface area (Å²) >= 11 is 6.15. The van der Waals surface area contributed by atoms with Gasteiger partial charge in [0.15, 0.2) is 5.78 Å². The summed E-state index contributed by atoms with van der Waals surface area (Å²) in [5.41, 5.74) is 5.78. The molecule has 1 aromatic heterocycles. The molecule has 9 heteroatoms. The van der Waals surface area contributed by atoms with E-state index in [0.29, 0.717) is 6.42 Å². The van der Waals surface area contributed by atoms with E-state index in [2.05, 4.69) is 15.6 Å². The van der Waals surface area contributed by atoms with Crippen LogP contribution >= 0.6 is 11.6 Å². The van der Waals surface area contributed by atoms with Crippen LogP contribution in [0.15, 0.2) is 30.5 Å². The summed E-state index contributed by atoms with van der Waals surface area (Å²) in [5, 5.41) is 14.6. The summed E-state index contributed by atoms with van der Waals surface area (Å²) in [6.45, 7) is 3.72. The van der Waals surface area contributed by atoms with Crippen molar-refractivity contribution < 1.29 is 19.1 Å². The standard InChI is InChI=1S/C21H26ClFN4O3/c1-3-16(27-12(2)10-18(29)25-8-9-28)14-5-6-15(22)19(20(14)23)21(30)13-4-7-17(24)26-11-13/h4-7,11-12,16,27-28H,3,8-10H2,1-2H3,(H2,24,26)(H,25,29)/t12-,16+/m0/s1. The van der Waals surface area contributed by atoms with Crippen molar-refractivity contribution in [2.24, 2.45) is 0 Å². The normalized spacial score (nSPS) is 13.0. The van der Waals surface area contributed by atoms with Gasteiger partial charge in [-0.05, 0) is 31.5 Å². The van der Waals surface area contributed by atoms with Crippen LogP contribution in [0, 0.1) is 5.82 Å². The van der Waals surface area contributed by atoms with Crippen LogP contribution in [0.5, 0.6) is 0 Å². The smallest absolute Gasteiger partial charge is 0.221 e. The molecule has 0 radical (unpaired) electrons. The minimum atomic E-state index is -0.708. The number of pyridine rings is 1. The number of benzene rings is 1. The van der Waals surface area contributed by atoms with Crippen LogP contribution < -0.4 is 16.4 Å². The van der Waals surface area contributed by atoms with E-state index in [1.807, 2.05) is 6.92 Å². The van der Waals surface area contributed by atoms with Crippen LogP contribution in [0.25, 0.3) is 0 Å². The Morgan fingerprint density at radius 3 is 2.63 bits per heavy atom. The van der Waals surface area contributed by atoms with Gasteiger partial charge in [-0.1, -0.05) is 24.6 Å². The van der Waals surface area contributed by atoms with Crippen molar-refractivity contribution in [1.82, 2.24) is 15.6 Å². The molecule has 2 atom stereocenters. The van der Waals surface area contributed by atoms with E-state index in [0.717, 1.165) is 0 Å². The maximum atomic E-state index is 15.4. The number of rotatable bonds is 10. The molecular formula is C21H26ClFN4O3. The first-order chi connectivity index (χ1) is 14.3. The van der Waals surface area contributed by atoms with Crippen LogP contribution in [0.2, 0.25) is 5.02 Å². The largest absolute Gasteiger partial charge is 0.395 e. The first-order valence-electron chi connectivity index (χ1n) is 9.66. The lowest BCUT2D eigenvalue weighted by molar-refractivity contribution is -0.121. The van der Waals surface area contributed by atoms with Crippen LogP contribution in [-0.4, -0.2) is 41.0 Å². The van der Waals surface area contributed by atoms with E-state index in [4.69, 9.17) is 22.4 Å². The number of amides is 1. The molecule has 0 unspecified atom stereocenters. The van der Waals surface area contributed by atoms with E-state index >= 15 is 4.39 Å². The number of carbonyl (C=O) groups excluding carboxylic acids is 2. The lowest BCUT2D eigenvalue weighted by Gasteiger charge is -2.24. The summed E-state index contributed by atoms with van der Waals surface area (Å²) < 4.78 is 15.4. The molecule has 30 heavy (non-hydrogen) atoms. The second-order valence-corrected chi connectivity index (χ2v) is 7.34. The highest BCUT2D eigenvalue weighted by atomic mass is 35.5. The number of aliphatic hydroxyl groups excluding tert-OH is 1. The summed E-state index contributed by atoms with van der Waals surface area (Å²) in [6, 6.07) is 5.26. The number of nitrogens with zero attached hydrogens (tertiary/aromatic N) is 1. The van der Waals surface area contributed by atoms with Gasteiger partial charge in [-0.25, -0.2) is 9.37 Å². The molecule has 2 rings (SSSR count). The molecular weight excluding hydrogens is 411 g/mol. The Kier molecular flexibility index (Phi) is 8.71. The third-order valence-electron chi connectivity index (χ3n) is 4.59. The van der Waals surface area contributed by atoms with Gasteiger partial charge in [0, 0.05) is 42.4 Å². The first-order valence-corrected chi connectivity index (χ1v) is 10.0. The minimum Gasteiger partial charge on any atom is -0.395 e. The Morgan fingerprint density at radius 1 is 1.30 bits per heavy atom. The van der Waals surface area contributed by atoms with E-state index in [-0.39, 0.29) is 59.1 Å². The van der Waals surface area contributed by atoms with Crippen molar-refractivity contribution in [3.8, 4) is 0 Å². The fourth-order valence-electron chi connectivity index (χ4n) is 3.11. The molecule has 0 saturated heterocycles. The molecule has 162 valence electrons. The Hall–Kier alpha value is -2.55. The Labute approximate surface area is 179 Å². The SMILES string of the molecule is CC[C@@H](N[C@@H](C)CC(=O)NCCO)c1ccc(Cl)c(C(=O)c2ccc(N)nc2)c1F. The molecule has 0 fully saturated rings. The van der Waals surface area contributed by atoms with Gasteiger partial charge in [0.05, 0.1) is 17.2 Å². The predicted molar refractivity (Wildman–Crippen MR) is 114 cm³/mol. The number of nitrogens with two attached hydrogens (primary N) is 1. The quantitative estimate of drug-likeness (QED) is 0.425. The van der Waals surface area contributed by atoms with Gasteiger partial charge in [-0.2, -0.15) is 0 Å². The third-order valence-corrected chi connectivity index (χ3v) is 4.91. The topological polar surface area (TPSA) is 117 Å². The van der Waals surface area contributed by atoms with Crippen LogP contribution in [0.1, 0.15) is 54.2 Å². The van der Waals surface area contributed by atoms with E-state index in [1.54, 1.807) is 6.92 Å². The molecule has 1 heterocycles. The molecule has 1 amide bonds. The van der Waals surface area contributed by atoms with E-state index < -0.39 is 17.6 Å². The highest BCUT2D eigenvalue weighted by Gasteiger charge is 2.25. The second-order valence-electron chi connectivity index (χ2n) is 6.93. The van der Waals surface area contributed by atoms with E-state index in [9.17, 15) is 9.59 Å². The van der Waals surface area contributed by atoms with Crippen LogP contribution in [0.4, 0.5) is 10.2 Å². The number of aromatic nitrogens is 1. The van der Waals surface area contributed by atoms with Gasteiger partial charge in [-0.15, -0.1) is 0 Å². The van der Waals surface area contributed by atoms with Crippen molar-refractivity contribution in [1.29, 1.82) is 0 Å². The van der Waals surface area contributed by atoms with Gasteiger partial charge in [0.2, 0.25) is 5.91 Å². The van der Waals surface area contributed by atoms with Crippen molar-refractivity contribution in [3.63, 3.8) is 0 Å². The molecule has 0 spiro atoms. The van der Waals surface area contributed by atoms with Crippen molar-refractivity contribution in [3.05, 3.63) is 58.0 Å². The Morgan fingerprint density at radius 2 is 2.03 bits per heavy atom. The first kappa shape index (κ1) is 23.7. The minimum absolute atomic E-state index is 0.00403. The molecule has 0 bridgehead atoms. The molecule has 0 aliphatic heterocycles. The number of hydrogen-bond donors (Lipinski definition) is 4. The molecule has 0 saturated carbocycles. The predicted octanol–water partition coefficient (Wildman–Crippen LogP) is 2.62. The number of nitrogen functional groups attached to an aromatic ring is 1. The summed E-state index contributed by atoms with van der Waals surface area (Å²) in [4.78, 5) is 28.5. The number of anilines is 1. The zero-order valence-electron chi connectivity index (χ0n) is 16.9. The second kappa shape index (κ2) is 11.0. The molecule has 5 N–H and O–H groups in total. The fraction of sp³-hybridized carbons (Fsp3) is 0.381. The van der Waals surface area contributed by atoms with Gasteiger partial charge in [-0.3, -0.25) is 9.59 Å². The lowest BCUT2D eigenvalue weighted by atomic mass is 9.96. The maximum absolute atomic E-state index is 15.4. The van der Waals surface area contributed by atoms with Gasteiger partial charge in [0.1, 0.15) is 11.6 Å². The Bertz CT molecular complexity index is 893. The third kappa shape index (κ3) is 5.98. The van der Waals surface area contributed by atoms with Gasteiger partial charge >= 0.3 is 0 Å².